The van der Waals surface area contributed by atoms with Gasteiger partial charge in [0.2, 0.25) is 0 Å². The van der Waals surface area contributed by atoms with Gasteiger partial charge in [0, 0.05) is 38.9 Å². The van der Waals surface area contributed by atoms with Gasteiger partial charge in [0.25, 0.3) is 11.5 Å². The number of pyridine rings is 1. The Kier molecular flexibility index (Phi) is 6.69. The second-order valence-corrected chi connectivity index (χ2v) is 10.4. The zero-order valence-electron chi connectivity index (χ0n) is 19.0. The molecule has 2 aliphatic rings. The first-order chi connectivity index (χ1) is 15.3. The highest BCUT2D eigenvalue weighted by atomic mass is 32.2. The second-order valence-electron chi connectivity index (χ2n) is 8.70. The summed E-state index contributed by atoms with van der Waals surface area (Å²) < 4.78 is 2.11. The summed E-state index contributed by atoms with van der Waals surface area (Å²) in [5.74, 6) is 0.811. The quantitative estimate of drug-likeness (QED) is 0.491. The Labute approximate surface area is 198 Å². The maximum Gasteiger partial charge on any atom is 0.267 e. The Morgan fingerprint density at radius 2 is 1.91 bits per heavy atom. The maximum absolute atomic E-state index is 13.6. The van der Waals surface area contributed by atoms with Gasteiger partial charge in [0.05, 0.1) is 10.5 Å². The van der Waals surface area contributed by atoms with Crippen LogP contribution in [0.5, 0.6) is 0 Å². The van der Waals surface area contributed by atoms with E-state index < -0.39 is 0 Å². The molecule has 0 saturated carbocycles. The lowest BCUT2D eigenvalue weighted by molar-refractivity contribution is -0.122. The van der Waals surface area contributed by atoms with Gasteiger partial charge in [-0.1, -0.05) is 50.8 Å². The molecule has 4 heterocycles. The van der Waals surface area contributed by atoms with Crippen LogP contribution in [0.1, 0.15) is 31.9 Å². The van der Waals surface area contributed by atoms with Crippen LogP contribution in [-0.4, -0.2) is 68.7 Å². The zero-order valence-corrected chi connectivity index (χ0v) is 20.6. The number of amides is 1. The van der Waals surface area contributed by atoms with Crippen LogP contribution in [0, 0.1) is 12.8 Å². The standard InChI is InChI=1S/C23H29N5O2S2/c1-5-25-8-10-26(11-9-25)20-17(21(29)27-14-16(4)6-7-19(27)24-20)12-18-22(30)28(13-15(2)3)23(31)32-18/h6-7,12,14-15H,5,8-11,13H2,1-4H3/b18-12-. The third-order valence-corrected chi connectivity index (χ3v) is 7.18. The molecule has 4 rings (SSSR count). The van der Waals surface area contributed by atoms with Gasteiger partial charge >= 0.3 is 0 Å². The molecule has 0 aliphatic carbocycles. The van der Waals surface area contributed by atoms with Crippen LogP contribution in [0.25, 0.3) is 11.7 Å². The second kappa shape index (κ2) is 9.33. The molecule has 2 fully saturated rings. The van der Waals surface area contributed by atoms with Crippen LogP contribution in [0.3, 0.4) is 0 Å². The van der Waals surface area contributed by atoms with Crippen molar-refractivity contribution in [2.45, 2.75) is 27.7 Å². The molecule has 0 bridgehead atoms. The SMILES string of the molecule is CCN1CCN(c2nc3ccc(C)cn3c(=O)c2/C=C2\SC(=S)N(CC(C)C)C2=O)CC1. The van der Waals surface area contributed by atoms with Gasteiger partial charge in [-0.2, -0.15) is 0 Å². The summed E-state index contributed by atoms with van der Waals surface area (Å²) in [5, 5.41) is 0. The fraction of sp³-hybridized carbons (Fsp3) is 0.478. The number of thioether (sulfide) groups is 1. The number of carbonyl (C=O) groups excluding carboxylic acids is 1. The predicted octanol–water partition coefficient (Wildman–Crippen LogP) is 3.00. The summed E-state index contributed by atoms with van der Waals surface area (Å²) in [6.45, 7) is 13.2. The average Bonchev–Trinajstić information content (AvgIpc) is 3.03. The first-order valence-corrected chi connectivity index (χ1v) is 12.3. The fourth-order valence-electron chi connectivity index (χ4n) is 4.04. The van der Waals surface area contributed by atoms with E-state index in [1.54, 1.807) is 21.6 Å². The summed E-state index contributed by atoms with van der Waals surface area (Å²) in [7, 11) is 0. The van der Waals surface area contributed by atoms with Gasteiger partial charge in [0.15, 0.2) is 0 Å². The molecule has 170 valence electrons. The van der Waals surface area contributed by atoms with Crippen molar-refractivity contribution < 1.29 is 4.79 Å². The number of aromatic nitrogens is 2. The monoisotopic (exact) mass is 471 g/mol. The summed E-state index contributed by atoms with van der Waals surface area (Å²) in [6, 6.07) is 3.83. The Morgan fingerprint density at radius 1 is 1.19 bits per heavy atom. The normalized spacial score (nSPS) is 19.2. The molecular formula is C23H29N5O2S2. The number of aryl methyl sites for hydroxylation is 1. The van der Waals surface area contributed by atoms with E-state index >= 15 is 0 Å². The Balaban J connectivity index is 1.81. The lowest BCUT2D eigenvalue weighted by Crippen LogP contribution is -2.47. The topological polar surface area (TPSA) is 61.2 Å². The lowest BCUT2D eigenvalue weighted by atomic mass is 10.2. The molecule has 0 N–H and O–H groups in total. The third-order valence-electron chi connectivity index (χ3n) is 5.80. The van der Waals surface area contributed by atoms with Crippen molar-refractivity contribution in [3.8, 4) is 0 Å². The Hall–Kier alpha value is -2.23. The molecule has 2 aromatic rings. The molecule has 0 aromatic carbocycles. The molecule has 32 heavy (non-hydrogen) atoms. The number of fused-ring (bicyclic) bond motifs is 1. The largest absolute Gasteiger partial charge is 0.353 e. The molecular weight excluding hydrogens is 442 g/mol. The van der Waals surface area contributed by atoms with Crippen molar-refractivity contribution in [1.82, 2.24) is 19.2 Å². The van der Waals surface area contributed by atoms with Crippen LogP contribution < -0.4 is 10.5 Å². The van der Waals surface area contributed by atoms with Crippen LogP contribution in [0.15, 0.2) is 28.0 Å². The van der Waals surface area contributed by atoms with E-state index in [0.29, 0.717) is 38.7 Å². The van der Waals surface area contributed by atoms with E-state index in [0.717, 1.165) is 38.3 Å². The number of nitrogens with zero attached hydrogens (tertiary/aromatic N) is 5. The highest BCUT2D eigenvalue weighted by Gasteiger charge is 2.33. The first kappa shape index (κ1) is 22.9. The van der Waals surface area contributed by atoms with Crippen LogP contribution in [0.4, 0.5) is 5.82 Å². The summed E-state index contributed by atoms with van der Waals surface area (Å²) in [6.07, 6.45) is 3.50. The molecule has 1 amide bonds. The molecule has 0 radical (unpaired) electrons. The summed E-state index contributed by atoms with van der Waals surface area (Å²) in [4.78, 5) is 38.1. The summed E-state index contributed by atoms with van der Waals surface area (Å²) in [5.41, 5.74) is 1.86. The lowest BCUT2D eigenvalue weighted by Gasteiger charge is -2.35. The Morgan fingerprint density at radius 3 is 2.56 bits per heavy atom. The highest BCUT2D eigenvalue weighted by molar-refractivity contribution is 8.26. The minimum atomic E-state index is -0.166. The van der Waals surface area contributed by atoms with Crippen molar-refractivity contribution >= 4 is 51.7 Å². The molecule has 0 atom stereocenters. The zero-order chi connectivity index (χ0) is 23.0. The van der Waals surface area contributed by atoms with Crippen molar-refractivity contribution in [3.63, 3.8) is 0 Å². The van der Waals surface area contributed by atoms with Crippen LogP contribution >= 0.6 is 24.0 Å². The van der Waals surface area contributed by atoms with Crippen molar-refractivity contribution in [2.75, 3.05) is 44.2 Å². The molecule has 2 saturated heterocycles. The number of hydrogen-bond donors (Lipinski definition) is 0. The van der Waals surface area contributed by atoms with Crippen LogP contribution in [0.2, 0.25) is 0 Å². The molecule has 2 aliphatic heterocycles. The van der Waals surface area contributed by atoms with E-state index in [1.165, 1.54) is 11.8 Å². The number of thiocarbonyl (C=S) groups is 1. The first-order valence-electron chi connectivity index (χ1n) is 11.0. The van der Waals surface area contributed by atoms with Gasteiger partial charge < -0.3 is 9.80 Å². The third kappa shape index (κ3) is 4.46. The molecule has 2 aromatic heterocycles. The van der Waals surface area contributed by atoms with E-state index in [4.69, 9.17) is 17.2 Å². The molecule has 9 heteroatoms. The fourth-order valence-corrected chi connectivity index (χ4v) is 5.30. The number of anilines is 1. The summed E-state index contributed by atoms with van der Waals surface area (Å²) >= 11 is 6.71. The smallest absolute Gasteiger partial charge is 0.267 e. The van der Waals surface area contributed by atoms with Gasteiger partial charge in [-0.05, 0) is 37.1 Å². The van der Waals surface area contributed by atoms with Gasteiger partial charge in [-0.15, -0.1) is 0 Å². The number of piperazine rings is 1. The minimum Gasteiger partial charge on any atom is -0.353 e. The van der Waals surface area contributed by atoms with Gasteiger partial charge in [-0.25, -0.2) is 4.98 Å². The van der Waals surface area contributed by atoms with Crippen molar-refractivity contribution in [2.24, 2.45) is 5.92 Å². The van der Waals surface area contributed by atoms with Gasteiger partial charge in [-0.3, -0.25) is 18.9 Å². The number of hydrogen-bond acceptors (Lipinski definition) is 7. The maximum atomic E-state index is 13.6. The molecule has 7 nitrogen and oxygen atoms in total. The Bertz CT molecular complexity index is 1150. The predicted molar refractivity (Wildman–Crippen MR) is 135 cm³/mol. The number of carbonyl (C=O) groups is 1. The van der Waals surface area contributed by atoms with Crippen molar-refractivity contribution in [3.05, 3.63) is 44.7 Å². The van der Waals surface area contributed by atoms with E-state index in [1.807, 2.05) is 19.1 Å². The van der Waals surface area contributed by atoms with Crippen LogP contribution in [-0.2, 0) is 4.79 Å². The van der Waals surface area contributed by atoms with E-state index in [2.05, 4.69) is 30.6 Å². The highest BCUT2D eigenvalue weighted by Crippen LogP contribution is 2.34. The number of likely N-dealkylation sites (N-methyl/N-ethyl adjacent to an activating group) is 1. The molecule has 0 spiro atoms. The number of rotatable bonds is 5. The van der Waals surface area contributed by atoms with Crippen molar-refractivity contribution in [1.29, 1.82) is 0 Å². The van der Waals surface area contributed by atoms with E-state index in [9.17, 15) is 9.59 Å². The molecule has 0 unspecified atom stereocenters. The van der Waals surface area contributed by atoms with Gasteiger partial charge in [0.1, 0.15) is 15.8 Å². The van der Waals surface area contributed by atoms with E-state index in [-0.39, 0.29) is 11.5 Å². The average molecular weight is 472 g/mol. The minimum absolute atomic E-state index is 0.135.